The van der Waals surface area contributed by atoms with E-state index in [9.17, 15) is 13.2 Å². The fourth-order valence-electron chi connectivity index (χ4n) is 2.53. The molecule has 2 aromatic rings. The Morgan fingerprint density at radius 1 is 1.19 bits per heavy atom. The van der Waals surface area contributed by atoms with Crippen LogP contribution in [0.5, 0.6) is 11.5 Å². The summed E-state index contributed by atoms with van der Waals surface area (Å²) in [6, 6.07) is 10.8. The summed E-state index contributed by atoms with van der Waals surface area (Å²) in [6.45, 7) is 2.26. The molecule has 0 bridgehead atoms. The molecule has 2 amide bonds. The van der Waals surface area contributed by atoms with Crippen LogP contribution in [0.3, 0.4) is 0 Å². The average Bonchev–Trinajstić information content (AvgIpc) is 3.07. The summed E-state index contributed by atoms with van der Waals surface area (Å²) in [5.41, 5.74) is 1.50. The van der Waals surface area contributed by atoms with Crippen molar-refractivity contribution in [2.45, 2.75) is 24.4 Å². The minimum atomic E-state index is -3.79. The molecule has 1 heterocycles. The second-order valence-corrected chi connectivity index (χ2v) is 7.42. The van der Waals surface area contributed by atoms with E-state index in [1.54, 1.807) is 25.1 Å². The first-order valence-electron chi connectivity index (χ1n) is 7.88. The van der Waals surface area contributed by atoms with Crippen molar-refractivity contribution >= 4 is 16.1 Å². The highest BCUT2D eigenvalue weighted by Crippen LogP contribution is 2.32. The Morgan fingerprint density at radius 2 is 1.96 bits per heavy atom. The number of primary sulfonamides is 1. The zero-order chi connectivity index (χ0) is 18.7. The van der Waals surface area contributed by atoms with E-state index in [1.165, 1.54) is 12.1 Å². The van der Waals surface area contributed by atoms with Gasteiger partial charge < -0.3 is 20.1 Å². The SMILES string of the molecule is C[C@@H](NC(=O)NCc1ccc2c(c1)OCO2)c1cccc(S(N)(=O)=O)c1. The van der Waals surface area contributed by atoms with Gasteiger partial charge in [-0.25, -0.2) is 18.4 Å². The van der Waals surface area contributed by atoms with Crippen LogP contribution in [-0.4, -0.2) is 21.2 Å². The molecule has 138 valence electrons. The lowest BCUT2D eigenvalue weighted by Crippen LogP contribution is -2.36. The highest BCUT2D eigenvalue weighted by Gasteiger charge is 2.15. The van der Waals surface area contributed by atoms with Gasteiger partial charge >= 0.3 is 6.03 Å². The minimum absolute atomic E-state index is 0.00409. The second kappa shape index (κ2) is 7.22. The van der Waals surface area contributed by atoms with E-state index in [2.05, 4.69) is 10.6 Å². The monoisotopic (exact) mass is 377 g/mol. The number of nitrogens with one attached hydrogen (secondary N) is 2. The van der Waals surface area contributed by atoms with Crippen LogP contribution in [0.25, 0.3) is 0 Å². The maximum absolute atomic E-state index is 12.1. The number of hydrogen-bond donors (Lipinski definition) is 3. The Morgan fingerprint density at radius 3 is 2.73 bits per heavy atom. The van der Waals surface area contributed by atoms with Gasteiger partial charge in [-0.1, -0.05) is 18.2 Å². The van der Waals surface area contributed by atoms with Gasteiger partial charge in [0.1, 0.15) is 0 Å². The van der Waals surface area contributed by atoms with Crippen LogP contribution >= 0.6 is 0 Å². The van der Waals surface area contributed by atoms with E-state index in [0.29, 0.717) is 23.6 Å². The van der Waals surface area contributed by atoms with Gasteiger partial charge in [0.2, 0.25) is 16.8 Å². The van der Waals surface area contributed by atoms with Gasteiger partial charge in [0.25, 0.3) is 0 Å². The molecule has 8 nitrogen and oxygen atoms in total. The average molecular weight is 377 g/mol. The summed E-state index contributed by atoms with van der Waals surface area (Å²) in [5, 5.41) is 10.6. The number of rotatable bonds is 5. The molecule has 3 rings (SSSR count). The number of nitrogens with two attached hydrogens (primary N) is 1. The number of urea groups is 1. The highest BCUT2D eigenvalue weighted by atomic mass is 32.2. The van der Waals surface area contributed by atoms with Crippen molar-refractivity contribution in [3.63, 3.8) is 0 Å². The van der Waals surface area contributed by atoms with Gasteiger partial charge in [-0.2, -0.15) is 0 Å². The number of ether oxygens (including phenoxy) is 2. The fourth-order valence-corrected chi connectivity index (χ4v) is 3.09. The van der Waals surface area contributed by atoms with Crippen molar-refractivity contribution in [3.05, 3.63) is 53.6 Å². The maximum Gasteiger partial charge on any atom is 0.315 e. The third-order valence-corrected chi connectivity index (χ3v) is 4.84. The zero-order valence-corrected chi connectivity index (χ0v) is 14.9. The van der Waals surface area contributed by atoms with E-state index in [4.69, 9.17) is 14.6 Å². The van der Waals surface area contributed by atoms with Gasteiger partial charge in [-0.3, -0.25) is 0 Å². The van der Waals surface area contributed by atoms with Crippen LogP contribution in [-0.2, 0) is 16.6 Å². The number of carbonyl (C=O) groups is 1. The molecule has 0 radical (unpaired) electrons. The molecule has 0 spiro atoms. The molecule has 4 N–H and O–H groups in total. The Kier molecular flexibility index (Phi) is 5.01. The number of amides is 2. The van der Waals surface area contributed by atoms with Crippen LogP contribution in [0.15, 0.2) is 47.4 Å². The molecule has 0 aliphatic carbocycles. The van der Waals surface area contributed by atoms with E-state index in [0.717, 1.165) is 5.56 Å². The van der Waals surface area contributed by atoms with Crippen LogP contribution in [0.1, 0.15) is 24.1 Å². The molecule has 1 atom stereocenters. The Hall–Kier alpha value is -2.78. The summed E-state index contributed by atoms with van der Waals surface area (Å²) >= 11 is 0. The molecule has 0 fully saturated rings. The standard InChI is InChI=1S/C17H19N3O5S/c1-11(13-3-2-4-14(8-13)26(18,22)23)20-17(21)19-9-12-5-6-15-16(7-12)25-10-24-15/h2-8,11H,9-10H2,1H3,(H2,18,22,23)(H2,19,20,21)/t11-/m1/s1. The summed E-state index contributed by atoms with van der Waals surface area (Å²) in [4.78, 5) is 12.1. The van der Waals surface area contributed by atoms with Crippen molar-refractivity contribution < 1.29 is 22.7 Å². The van der Waals surface area contributed by atoms with Gasteiger partial charge in [-0.15, -0.1) is 0 Å². The Balaban J connectivity index is 1.58. The minimum Gasteiger partial charge on any atom is -0.454 e. The predicted molar refractivity (Wildman–Crippen MR) is 94.2 cm³/mol. The van der Waals surface area contributed by atoms with Crippen molar-refractivity contribution in [2.24, 2.45) is 5.14 Å². The second-order valence-electron chi connectivity index (χ2n) is 5.85. The first-order chi connectivity index (χ1) is 12.3. The third kappa shape index (κ3) is 4.24. The molecule has 1 aliphatic heterocycles. The quantitative estimate of drug-likeness (QED) is 0.731. The smallest absolute Gasteiger partial charge is 0.315 e. The van der Waals surface area contributed by atoms with Gasteiger partial charge in [0.15, 0.2) is 11.5 Å². The fraction of sp³-hybridized carbons (Fsp3) is 0.235. The molecular formula is C17H19N3O5S. The van der Waals surface area contributed by atoms with Crippen LogP contribution < -0.4 is 25.2 Å². The molecule has 1 aliphatic rings. The number of hydrogen-bond acceptors (Lipinski definition) is 5. The first kappa shape index (κ1) is 18.0. The zero-order valence-electron chi connectivity index (χ0n) is 14.1. The van der Waals surface area contributed by atoms with Gasteiger partial charge in [0.05, 0.1) is 10.9 Å². The first-order valence-corrected chi connectivity index (χ1v) is 9.43. The van der Waals surface area contributed by atoms with E-state index in [-0.39, 0.29) is 17.7 Å². The summed E-state index contributed by atoms with van der Waals surface area (Å²) in [7, 11) is -3.79. The molecule has 2 aromatic carbocycles. The van der Waals surface area contributed by atoms with Crippen LogP contribution in [0.4, 0.5) is 4.79 Å². The molecule has 0 unspecified atom stereocenters. The highest BCUT2D eigenvalue weighted by molar-refractivity contribution is 7.89. The topological polar surface area (TPSA) is 120 Å². The Bertz CT molecular complexity index is 930. The molecular weight excluding hydrogens is 358 g/mol. The van der Waals surface area contributed by atoms with E-state index in [1.807, 2.05) is 12.1 Å². The number of sulfonamides is 1. The molecule has 9 heteroatoms. The van der Waals surface area contributed by atoms with E-state index < -0.39 is 16.1 Å². The Labute approximate surface area is 151 Å². The van der Waals surface area contributed by atoms with E-state index >= 15 is 0 Å². The lowest BCUT2D eigenvalue weighted by molar-refractivity contribution is 0.174. The third-order valence-electron chi connectivity index (χ3n) is 3.92. The predicted octanol–water partition coefficient (Wildman–Crippen LogP) is 1.62. The molecule has 0 saturated heterocycles. The molecule has 26 heavy (non-hydrogen) atoms. The summed E-state index contributed by atoms with van der Waals surface area (Å²) < 4.78 is 33.4. The maximum atomic E-state index is 12.1. The number of carbonyl (C=O) groups excluding carboxylic acids is 1. The molecule has 0 saturated carbocycles. The lowest BCUT2D eigenvalue weighted by Gasteiger charge is -2.16. The van der Waals surface area contributed by atoms with Crippen LogP contribution in [0, 0.1) is 0 Å². The van der Waals surface area contributed by atoms with Crippen molar-refractivity contribution in [2.75, 3.05) is 6.79 Å². The van der Waals surface area contributed by atoms with Crippen molar-refractivity contribution in [3.8, 4) is 11.5 Å². The van der Waals surface area contributed by atoms with Gasteiger partial charge in [0, 0.05) is 6.54 Å². The lowest BCUT2D eigenvalue weighted by atomic mass is 10.1. The summed E-state index contributed by atoms with van der Waals surface area (Å²) in [6.07, 6.45) is 0. The number of fused-ring (bicyclic) bond motifs is 1. The largest absolute Gasteiger partial charge is 0.454 e. The summed E-state index contributed by atoms with van der Waals surface area (Å²) in [5.74, 6) is 1.33. The normalized spacial score (nSPS) is 13.9. The molecule has 0 aromatic heterocycles. The van der Waals surface area contributed by atoms with Crippen molar-refractivity contribution in [1.82, 2.24) is 10.6 Å². The van der Waals surface area contributed by atoms with Gasteiger partial charge in [-0.05, 0) is 42.3 Å². The van der Waals surface area contributed by atoms with Crippen molar-refractivity contribution in [1.29, 1.82) is 0 Å². The van der Waals surface area contributed by atoms with Crippen LogP contribution in [0.2, 0.25) is 0 Å². The number of benzene rings is 2.